The molecule has 1 fully saturated rings. The first kappa shape index (κ1) is 18.4. The van der Waals surface area contributed by atoms with Gasteiger partial charge in [-0.3, -0.25) is 9.59 Å². The summed E-state index contributed by atoms with van der Waals surface area (Å²) >= 11 is 4.68. The maximum atomic E-state index is 12.3. The van der Waals surface area contributed by atoms with Gasteiger partial charge in [0.1, 0.15) is 6.04 Å². The molecule has 0 aliphatic carbocycles. The summed E-state index contributed by atoms with van der Waals surface area (Å²) in [7, 11) is 0. The number of carbonyl (C=O) groups is 2. The van der Waals surface area contributed by atoms with Gasteiger partial charge in [0.2, 0.25) is 5.91 Å². The number of halogens is 2. The molecule has 1 aliphatic heterocycles. The van der Waals surface area contributed by atoms with Crippen LogP contribution in [0.1, 0.15) is 23.5 Å². The van der Waals surface area contributed by atoms with E-state index < -0.39 is 6.04 Å². The molecule has 2 unspecified atom stereocenters. The lowest BCUT2D eigenvalue weighted by Crippen LogP contribution is -2.55. The minimum absolute atomic E-state index is 0. The van der Waals surface area contributed by atoms with Crippen molar-refractivity contribution in [2.24, 2.45) is 0 Å². The lowest BCUT2D eigenvalue weighted by Gasteiger charge is -2.33. The van der Waals surface area contributed by atoms with Gasteiger partial charge in [-0.2, -0.15) is 0 Å². The van der Waals surface area contributed by atoms with Gasteiger partial charge in [-0.25, -0.2) is 0 Å². The third kappa shape index (κ3) is 4.95. The molecule has 2 atom stereocenters. The molecule has 0 bridgehead atoms. The van der Waals surface area contributed by atoms with Crippen molar-refractivity contribution in [2.75, 3.05) is 19.6 Å². The van der Waals surface area contributed by atoms with Crippen molar-refractivity contribution in [1.82, 2.24) is 15.5 Å². The SMILES string of the molecule is CC1CN(C(=O)C(C)NC(=O)c2ccc(Br)s2)CCN1.Cl. The zero-order chi connectivity index (χ0) is 14.7. The lowest BCUT2D eigenvalue weighted by atomic mass is 10.2. The molecular formula is C13H19BrClN3O2S. The van der Waals surface area contributed by atoms with Crippen LogP contribution in [0.25, 0.3) is 0 Å². The van der Waals surface area contributed by atoms with Crippen molar-refractivity contribution in [3.8, 4) is 0 Å². The van der Waals surface area contributed by atoms with Gasteiger partial charge < -0.3 is 15.5 Å². The second kappa shape index (κ2) is 8.12. The predicted octanol–water partition coefficient (Wildman–Crippen LogP) is 1.87. The van der Waals surface area contributed by atoms with Gasteiger partial charge in [0, 0.05) is 25.7 Å². The number of hydrogen-bond acceptors (Lipinski definition) is 4. The van der Waals surface area contributed by atoms with E-state index in [1.54, 1.807) is 17.9 Å². The standard InChI is InChI=1S/C13H18BrN3O2S.ClH/c1-8-7-17(6-5-15-8)13(19)9(2)16-12(18)10-3-4-11(14)20-10;/h3-4,8-9,15H,5-7H2,1-2H3,(H,16,18);1H. The average molecular weight is 397 g/mol. The molecule has 2 N–H and O–H groups in total. The summed E-state index contributed by atoms with van der Waals surface area (Å²) in [6.45, 7) is 5.95. The first-order valence-electron chi connectivity index (χ1n) is 6.55. The summed E-state index contributed by atoms with van der Waals surface area (Å²) in [5.41, 5.74) is 0. The fourth-order valence-electron chi connectivity index (χ4n) is 2.17. The highest BCUT2D eigenvalue weighted by atomic mass is 79.9. The smallest absolute Gasteiger partial charge is 0.262 e. The van der Waals surface area contributed by atoms with Crippen LogP contribution in [0.5, 0.6) is 0 Å². The largest absolute Gasteiger partial charge is 0.340 e. The van der Waals surface area contributed by atoms with Crippen LogP contribution in [0.4, 0.5) is 0 Å². The number of nitrogens with zero attached hydrogens (tertiary/aromatic N) is 1. The van der Waals surface area contributed by atoms with Crippen LogP contribution >= 0.6 is 39.7 Å². The number of thiophene rings is 1. The van der Waals surface area contributed by atoms with Crippen molar-refractivity contribution >= 4 is 51.5 Å². The van der Waals surface area contributed by atoms with Gasteiger partial charge in [-0.05, 0) is 41.9 Å². The third-order valence-electron chi connectivity index (χ3n) is 3.20. The topological polar surface area (TPSA) is 61.4 Å². The first-order valence-corrected chi connectivity index (χ1v) is 8.16. The summed E-state index contributed by atoms with van der Waals surface area (Å²) in [4.78, 5) is 26.7. The Morgan fingerprint density at radius 1 is 1.52 bits per heavy atom. The monoisotopic (exact) mass is 395 g/mol. The Morgan fingerprint density at radius 2 is 2.24 bits per heavy atom. The van der Waals surface area contributed by atoms with Crippen molar-refractivity contribution < 1.29 is 9.59 Å². The summed E-state index contributed by atoms with van der Waals surface area (Å²) in [5.74, 6) is -0.230. The molecule has 2 rings (SSSR count). The highest BCUT2D eigenvalue weighted by Gasteiger charge is 2.26. The van der Waals surface area contributed by atoms with Crippen LogP contribution in [0, 0.1) is 0 Å². The molecule has 21 heavy (non-hydrogen) atoms. The Kier molecular flexibility index (Phi) is 7.12. The van der Waals surface area contributed by atoms with E-state index in [1.807, 2.05) is 13.0 Å². The number of piperazine rings is 1. The van der Waals surface area contributed by atoms with E-state index in [9.17, 15) is 9.59 Å². The Bertz CT molecular complexity index is 511. The van der Waals surface area contributed by atoms with Gasteiger partial charge in [-0.1, -0.05) is 0 Å². The molecule has 1 aromatic heterocycles. The second-order valence-electron chi connectivity index (χ2n) is 4.94. The molecule has 2 amide bonds. The average Bonchev–Trinajstić information content (AvgIpc) is 2.84. The molecule has 1 saturated heterocycles. The maximum Gasteiger partial charge on any atom is 0.262 e. The number of rotatable bonds is 3. The highest BCUT2D eigenvalue weighted by molar-refractivity contribution is 9.11. The quantitative estimate of drug-likeness (QED) is 0.820. The van der Waals surface area contributed by atoms with Gasteiger partial charge in [0.15, 0.2) is 0 Å². The van der Waals surface area contributed by atoms with Crippen molar-refractivity contribution in [2.45, 2.75) is 25.9 Å². The summed E-state index contributed by atoms with van der Waals surface area (Å²) in [6.07, 6.45) is 0. The molecule has 5 nitrogen and oxygen atoms in total. The van der Waals surface area contributed by atoms with Crippen molar-refractivity contribution in [3.63, 3.8) is 0 Å². The highest BCUT2D eigenvalue weighted by Crippen LogP contribution is 2.21. The van der Waals surface area contributed by atoms with Gasteiger partial charge in [0.05, 0.1) is 8.66 Å². The number of hydrogen-bond donors (Lipinski definition) is 2. The van der Waals surface area contributed by atoms with Gasteiger partial charge in [0.25, 0.3) is 5.91 Å². The molecule has 118 valence electrons. The van der Waals surface area contributed by atoms with Crippen LogP contribution in [-0.4, -0.2) is 48.4 Å². The van der Waals surface area contributed by atoms with Gasteiger partial charge in [-0.15, -0.1) is 23.7 Å². The Balaban J connectivity index is 0.00000220. The molecule has 2 heterocycles. The van der Waals surface area contributed by atoms with Crippen LogP contribution in [0.3, 0.4) is 0 Å². The Hall–Kier alpha value is -0.630. The Morgan fingerprint density at radius 3 is 2.81 bits per heavy atom. The van der Waals surface area contributed by atoms with Crippen molar-refractivity contribution in [3.05, 3.63) is 20.8 Å². The summed E-state index contributed by atoms with van der Waals surface area (Å²) in [5, 5.41) is 6.05. The van der Waals surface area contributed by atoms with Crippen LogP contribution < -0.4 is 10.6 Å². The first-order chi connectivity index (χ1) is 9.47. The lowest BCUT2D eigenvalue weighted by molar-refractivity contribution is -0.133. The normalized spacial score (nSPS) is 19.6. The molecule has 1 aliphatic rings. The predicted molar refractivity (Wildman–Crippen MR) is 90.2 cm³/mol. The molecular weight excluding hydrogens is 378 g/mol. The third-order valence-corrected chi connectivity index (χ3v) is 4.82. The fourth-order valence-corrected chi connectivity index (χ4v) is 3.46. The number of carbonyl (C=O) groups excluding carboxylic acids is 2. The van der Waals surface area contributed by atoms with Crippen LogP contribution in [0.2, 0.25) is 0 Å². The summed E-state index contributed by atoms with van der Waals surface area (Å²) < 4.78 is 0.901. The zero-order valence-electron chi connectivity index (χ0n) is 11.9. The minimum atomic E-state index is -0.506. The number of nitrogens with one attached hydrogen (secondary N) is 2. The Labute approximate surface area is 143 Å². The fraction of sp³-hybridized carbons (Fsp3) is 0.538. The second-order valence-corrected chi connectivity index (χ2v) is 7.40. The maximum absolute atomic E-state index is 12.3. The molecule has 8 heteroatoms. The number of amides is 2. The molecule has 0 saturated carbocycles. The van der Waals surface area contributed by atoms with Crippen molar-refractivity contribution in [1.29, 1.82) is 0 Å². The van der Waals surface area contributed by atoms with E-state index in [1.165, 1.54) is 11.3 Å². The zero-order valence-corrected chi connectivity index (χ0v) is 15.1. The van der Waals surface area contributed by atoms with Gasteiger partial charge >= 0.3 is 0 Å². The minimum Gasteiger partial charge on any atom is -0.340 e. The van der Waals surface area contributed by atoms with E-state index in [-0.39, 0.29) is 24.2 Å². The molecule has 0 aromatic carbocycles. The molecule has 0 radical (unpaired) electrons. The summed E-state index contributed by atoms with van der Waals surface area (Å²) in [6, 6.07) is 3.36. The van der Waals surface area contributed by atoms with E-state index in [4.69, 9.17) is 0 Å². The van der Waals surface area contributed by atoms with Crippen LogP contribution in [0.15, 0.2) is 15.9 Å². The molecule has 0 spiro atoms. The van der Waals surface area contributed by atoms with Crippen LogP contribution in [-0.2, 0) is 4.79 Å². The molecule has 1 aromatic rings. The van der Waals surface area contributed by atoms with E-state index >= 15 is 0 Å². The van der Waals surface area contributed by atoms with E-state index in [0.29, 0.717) is 24.0 Å². The van der Waals surface area contributed by atoms with E-state index in [0.717, 1.165) is 10.3 Å². The van der Waals surface area contributed by atoms with E-state index in [2.05, 4.69) is 26.6 Å².